The molecule has 2 amide bonds. The van der Waals surface area contributed by atoms with Crippen molar-refractivity contribution in [3.05, 3.63) is 93.5 Å². The second-order valence-electron chi connectivity index (χ2n) is 7.48. The molecule has 0 aromatic heterocycles. The van der Waals surface area contributed by atoms with E-state index in [-0.39, 0.29) is 11.6 Å². The smallest absolute Gasteiger partial charge is 0.283 e. The largest absolute Gasteiger partial charge is 0.492 e. The topological polar surface area (TPSA) is 58.6 Å². The van der Waals surface area contributed by atoms with Crippen LogP contribution in [0.1, 0.15) is 18.1 Å². The molecule has 4 rings (SSSR count). The highest BCUT2D eigenvalue weighted by Crippen LogP contribution is 2.40. The summed E-state index contributed by atoms with van der Waals surface area (Å²) in [5.41, 5.74) is 3.30. The fourth-order valence-electron chi connectivity index (χ4n) is 3.52. The highest BCUT2D eigenvalue weighted by Gasteiger charge is 2.41. The van der Waals surface area contributed by atoms with Crippen molar-refractivity contribution >= 4 is 46.6 Å². The van der Waals surface area contributed by atoms with Gasteiger partial charge in [-0.05, 0) is 74.4 Å². The van der Waals surface area contributed by atoms with Crippen LogP contribution in [0, 0.1) is 13.8 Å². The lowest BCUT2D eigenvalue weighted by Crippen LogP contribution is -2.33. The molecular weight excluding hydrogens is 456 g/mol. The Kier molecular flexibility index (Phi) is 6.77. The number of rotatable bonds is 7. The van der Waals surface area contributed by atoms with Gasteiger partial charge in [-0.15, -0.1) is 0 Å². The maximum atomic E-state index is 13.6. The quantitative estimate of drug-likeness (QED) is 0.401. The Morgan fingerprint density at radius 3 is 2.39 bits per heavy atom. The molecule has 1 aliphatic rings. The van der Waals surface area contributed by atoms with E-state index in [4.69, 9.17) is 16.3 Å². The van der Waals surface area contributed by atoms with Crippen molar-refractivity contribution in [2.75, 3.05) is 16.8 Å². The average Bonchev–Trinajstić information content (AvgIpc) is 3.02. The number of amides is 2. The van der Waals surface area contributed by atoms with Crippen molar-refractivity contribution in [2.24, 2.45) is 0 Å². The van der Waals surface area contributed by atoms with E-state index in [1.807, 2.05) is 69.3 Å². The lowest BCUT2D eigenvalue weighted by atomic mass is 10.1. The van der Waals surface area contributed by atoms with Gasteiger partial charge in [0.2, 0.25) is 0 Å². The molecule has 0 saturated heterocycles. The van der Waals surface area contributed by atoms with E-state index in [2.05, 4.69) is 5.32 Å². The summed E-state index contributed by atoms with van der Waals surface area (Å²) in [5, 5.41) is 3.79. The lowest BCUT2D eigenvalue weighted by molar-refractivity contribution is -0.120. The number of ether oxygens (including phenoxy) is 1. The lowest BCUT2D eigenvalue weighted by Gasteiger charge is -2.19. The molecule has 33 heavy (non-hydrogen) atoms. The molecule has 1 N–H and O–H groups in total. The molecule has 1 aliphatic heterocycles. The van der Waals surface area contributed by atoms with E-state index in [1.54, 1.807) is 18.2 Å². The molecule has 3 aromatic carbocycles. The summed E-state index contributed by atoms with van der Waals surface area (Å²) >= 11 is 7.25. The summed E-state index contributed by atoms with van der Waals surface area (Å²) < 4.78 is 5.71. The Balaban J connectivity index is 1.79. The molecule has 0 unspecified atom stereocenters. The number of halogens is 1. The number of hydrogen-bond donors (Lipinski definition) is 1. The predicted molar refractivity (Wildman–Crippen MR) is 134 cm³/mol. The third-order valence-electron chi connectivity index (χ3n) is 5.34. The third kappa shape index (κ3) is 4.63. The molecule has 0 saturated carbocycles. The minimum Gasteiger partial charge on any atom is -0.492 e. The van der Waals surface area contributed by atoms with Crippen LogP contribution in [-0.2, 0) is 9.59 Å². The number of hydrogen-bond acceptors (Lipinski definition) is 5. The molecule has 5 nitrogen and oxygen atoms in total. The van der Waals surface area contributed by atoms with Gasteiger partial charge in [0.25, 0.3) is 11.8 Å². The molecule has 7 heteroatoms. The fraction of sp³-hybridized carbons (Fsp3) is 0.154. The van der Waals surface area contributed by atoms with Gasteiger partial charge in [0, 0.05) is 9.92 Å². The molecular formula is C26H23ClN2O3S. The first kappa shape index (κ1) is 23.0. The van der Waals surface area contributed by atoms with Crippen molar-refractivity contribution in [3.8, 4) is 5.75 Å². The SMILES string of the molecule is CCOc1ccccc1NC1=C(Sc2ccc(Cl)cc2)C(=O)N(c2cccc(C)c2C)C1=O. The van der Waals surface area contributed by atoms with Crippen LogP contribution in [0.3, 0.4) is 0 Å². The van der Waals surface area contributed by atoms with Crippen molar-refractivity contribution < 1.29 is 14.3 Å². The van der Waals surface area contributed by atoms with Crippen molar-refractivity contribution in [3.63, 3.8) is 0 Å². The zero-order chi connectivity index (χ0) is 23.5. The van der Waals surface area contributed by atoms with E-state index in [0.29, 0.717) is 33.7 Å². The number of benzene rings is 3. The number of imide groups is 1. The van der Waals surface area contributed by atoms with Gasteiger partial charge in [-0.2, -0.15) is 0 Å². The van der Waals surface area contributed by atoms with Crippen LogP contribution in [-0.4, -0.2) is 18.4 Å². The Morgan fingerprint density at radius 1 is 0.939 bits per heavy atom. The van der Waals surface area contributed by atoms with E-state index in [1.165, 1.54) is 16.7 Å². The van der Waals surface area contributed by atoms with Crippen LogP contribution in [0.25, 0.3) is 0 Å². The third-order valence-corrected chi connectivity index (χ3v) is 6.68. The predicted octanol–water partition coefficient (Wildman–Crippen LogP) is 6.34. The first-order valence-corrected chi connectivity index (χ1v) is 11.7. The van der Waals surface area contributed by atoms with Crippen LogP contribution < -0.4 is 15.0 Å². The Hall–Kier alpha value is -3.22. The molecule has 3 aromatic rings. The monoisotopic (exact) mass is 478 g/mol. The summed E-state index contributed by atoms with van der Waals surface area (Å²) in [6.45, 7) is 6.24. The van der Waals surface area contributed by atoms with E-state index < -0.39 is 5.91 Å². The first-order chi connectivity index (χ1) is 15.9. The van der Waals surface area contributed by atoms with Gasteiger partial charge >= 0.3 is 0 Å². The second-order valence-corrected chi connectivity index (χ2v) is 9.00. The minimum atomic E-state index is -0.406. The Bertz CT molecular complexity index is 1250. The molecule has 1 heterocycles. The van der Waals surface area contributed by atoms with Crippen LogP contribution in [0.15, 0.2) is 82.2 Å². The van der Waals surface area contributed by atoms with Gasteiger partial charge in [0.05, 0.1) is 18.0 Å². The highest BCUT2D eigenvalue weighted by molar-refractivity contribution is 8.04. The summed E-state index contributed by atoms with van der Waals surface area (Å²) in [6, 6.07) is 20.1. The standard InChI is InChI=1S/C26H23ClN2O3S/c1-4-32-22-11-6-5-9-20(22)28-23-24(33-19-14-12-18(27)13-15-19)26(31)29(25(23)30)21-10-7-8-16(2)17(21)3/h5-15,28H,4H2,1-3H3. The number of nitrogens with zero attached hydrogens (tertiary/aromatic N) is 1. The number of anilines is 2. The highest BCUT2D eigenvalue weighted by atomic mass is 35.5. The van der Waals surface area contributed by atoms with Gasteiger partial charge in [-0.1, -0.05) is 47.6 Å². The van der Waals surface area contributed by atoms with Crippen LogP contribution in [0.2, 0.25) is 5.02 Å². The number of thioether (sulfide) groups is 1. The molecule has 0 bridgehead atoms. The normalized spacial score (nSPS) is 13.6. The summed E-state index contributed by atoms with van der Waals surface area (Å²) in [6.07, 6.45) is 0. The molecule has 0 radical (unpaired) electrons. The molecule has 0 fully saturated rings. The fourth-order valence-corrected chi connectivity index (χ4v) is 4.57. The van der Waals surface area contributed by atoms with E-state index in [0.717, 1.165) is 16.0 Å². The van der Waals surface area contributed by atoms with Gasteiger partial charge in [0.15, 0.2) is 0 Å². The zero-order valence-corrected chi connectivity index (χ0v) is 20.1. The molecule has 0 atom stereocenters. The average molecular weight is 479 g/mol. The van der Waals surface area contributed by atoms with Gasteiger partial charge < -0.3 is 10.1 Å². The van der Waals surface area contributed by atoms with Crippen molar-refractivity contribution in [1.29, 1.82) is 0 Å². The van der Waals surface area contributed by atoms with Gasteiger partial charge in [-0.25, -0.2) is 4.90 Å². The second kappa shape index (κ2) is 9.73. The number of aryl methyl sites for hydroxylation is 1. The summed E-state index contributed by atoms with van der Waals surface area (Å²) in [4.78, 5) is 29.6. The number of para-hydroxylation sites is 2. The van der Waals surface area contributed by atoms with E-state index >= 15 is 0 Å². The summed E-state index contributed by atoms with van der Waals surface area (Å²) in [7, 11) is 0. The van der Waals surface area contributed by atoms with Crippen molar-refractivity contribution in [1.82, 2.24) is 0 Å². The first-order valence-electron chi connectivity index (χ1n) is 10.5. The van der Waals surface area contributed by atoms with Crippen molar-refractivity contribution in [2.45, 2.75) is 25.7 Å². The maximum Gasteiger partial charge on any atom is 0.283 e. The molecule has 0 aliphatic carbocycles. The number of carbonyl (C=O) groups excluding carboxylic acids is 2. The van der Waals surface area contributed by atoms with Gasteiger partial charge in [-0.3, -0.25) is 9.59 Å². The summed E-state index contributed by atoms with van der Waals surface area (Å²) in [5.74, 6) is -0.171. The van der Waals surface area contributed by atoms with Crippen LogP contribution >= 0.6 is 23.4 Å². The molecule has 168 valence electrons. The van der Waals surface area contributed by atoms with Gasteiger partial charge in [0.1, 0.15) is 16.4 Å². The zero-order valence-electron chi connectivity index (χ0n) is 18.5. The maximum absolute atomic E-state index is 13.6. The van der Waals surface area contributed by atoms with E-state index in [9.17, 15) is 9.59 Å². The minimum absolute atomic E-state index is 0.216. The van der Waals surface area contributed by atoms with Crippen LogP contribution in [0.4, 0.5) is 11.4 Å². The van der Waals surface area contributed by atoms with Crippen LogP contribution in [0.5, 0.6) is 5.75 Å². The number of carbonyl (C=O) groups is 2. The Labute approximate surface area is 202 Å². The number of nitrogens with one attached hydrogen (secondary N) is 1. The Morgan fingerprint density at radius 2 is 1.67 bits per heavy atom. The molecule has 0 spiro atoms.